The van der Waals surface area contributed by atoms with Crippen molar-refractivity contribution in [2.45, 2.75) is 76.4 Å². The predicted octanol–water partition coefficient (Wildman–Crippen LogP) is 5.04. The normalized spacial score (nSPS) is 43.3. The van der Waals surface area contributed by atoms with Crippen LogP contribution >= 0.6 is 0 Å². The summed E-state index contributed by atoms with van der Waals surface area (Å²) in [6.45, 7) is 4.38. The van der Waals surface area contributed by atoms with Crippen LogP contribution in [0.1, 0.15) is 65.2 Å². The van der Waals surface area contributed by atoms with Crippen molar-refractivity contribution in [3.63, 3.8) is 0 Å². The molecule has 0 aromatic carbocycles. The first-order valence-electron chi connectivity index (χ1n) is 11.7. The minimum absolute atomic E-state index is 0.0921. The van der Waals surface area contributed by atoms with E-state index >= 15 is 0 Å². The van der Waals surface area contributed by atoms with E-state index in [-0.39, 0.29) is 11.3 Å². The van der Waals surface area contributed by atoms with E-state index in [1.165, 1.54) is 19.8 Å². The number of fused-ring (bicyclic) bond motifs is 5. The number of nitrogens with zero attached hydrogens (tertiary/aromatic N) is 2. The number of rotatable bonds is 2. The highest BCUT2D eigenvalue weighted by Crippen LogP contribution is 2.68. The molecule has 0 heterocycles. The van der Waals surface area contributed by atoms with Crippen LogP contribution in [-0.4, -0.2) is 37.7 Å². The molecule has 7 atom stereocenters. The zero-order chi connectivity index (χ0) is 24.1. The maximum absolute atomic E-state index is 12.0. The number of nitriles is 2. The second-order valence-corrected chi connectivity index (χ2v) is 10.5. The van der Waals surface area contributed by atoms with Gasteiger partial charge in [-0.05, 0) is 67.8 Å². The van der Waals surface area contributed by atoms with Crippen LogP contribution in [0, 0.1) is 51.2 Å². The second-order valence-electron chi connectivity index (χ2n) is 10.5. The van der Waals surface area contributed by atoms with Crippen LogP contribution in [0.3, 0.4) is 0 Å². The Balaban J connectivity index is 1.63. The van der Waals surface area contributed by atoms with Crippen LogP contribution in [0.15, 0.2) is 11.6 Å². The molecular formula is C25H32N2O6. The Morgan fingerprint density at radius 1 is 0.909 bits per heavy atom. The van der Waals surface area contributed by atoms with Gasteiger partial charge in [0.1, 0.15) is 12.1 Å². The monoisotopic (exact) mass is 456 g/mol. The third-order valence-corrected chi connectivity index (χ3v) is 9.50. The van der Waals surface area contributed by atoms with Crippen molar-refractivity contribution in [2.24, 2.45) is 28.6 Å². The molecule has 0 saturated heterocycles. The van der Waals surface area contributed by atoms with E-state index in [9.17, 15) is 20.1 Å². The molecule has 0 N–H and O–H groups in total. The van der Waals surface area contributed by atoms with Gasteiger partial charge in [-0.25, -0.2) is 9.59 Å². The zero-order valence-electron chi connectivity index (χ0n) is 19.8. The van der Waals surface area contributed by atoms with Crippen LogP contribution < -0.4 is 0 Å². The Labute approximate surface area is 194 Å². The molecule has 33 heavy (non-hydrogen) atoms. The first-order valence-corrected chi connectivity index (χ1v) is 11.7. The molecule has 4 aliphatic carbocycles. The lowest BCUT2D eigenvalue weighted by molar-refractivity contribution is -0.116. The first-order chi connectivity index (χ1) is 15.6. The quantitative estimate of drug-likeness (QED) is 0.419. The molecule has 3 saturated carbocycles. The van der Waals surface area contributed by atoms with E-state index in [2.05, 4.69) is 30.7 Å². The molecule has 0 bridgehead atoms. The van der Waals surface area contributed by atoms with Gasteiger partial charge in [0.05, 0.1) is 14.2 Å². The smallest absolute Gasteiger partial charge is 0.438 e. The molecular weight excluding hydrogens is 424 g/mol. The van der Waals surface area contributed by atoms with Gasteiger partial charge in [-0.15, -0.1) is 0 Å². The molecule has 4 aliphatic rings. The SMILES string of the molecule is COC(=O)OC1(C#N)C=C2CC[C@@H]3[C@H](CC[C@@]4(C)[C@H]3CC[C@]4(C#N)OC(=O)OC)[C@@]2(C)CC1. The Morgan fingerprint density at radius 3 is 2.21 bits per heavy atom. The number of carbonyl (C=O) groups is 2. The summed E-state index contributed by atoms with van der Waals surface area (Å²) >= 11 is 0. The predicted molar refractivity (Wildman–Crippen MR) is 115 cm³/mol. The number of hydrogen-bond donors (Lipinski definition) is 0. The standard InChI is InChI=1S/C25H32N2O6/c1-22-11-12-24(14-26,32-20(28)30-3)13-16(22)5-6-17-18(22)7-9-23(2)19(17)8-10-25(23,15-27)33-21(29)31-4/h13,17-19H,5-12H2,1-4H3/t17-,18+,19+,22+,23+,24?,25-/m1/s1. The van der Waals surface area contributed by atoms with Crippen molar-refractivity contribution in [3.05, 3.63) is 11.6 Å². The number of methoxy groups -OCH3 is 2. The summed E-state index contributed by atoms with van der Waals surface area (Å²) in [7, 11) is 2.51. The molecule has 0 aromatic rings. The fourth-order valence-corrected chi connectivity index (χ4v) is 7.65. The zero-order valence-corrected chi connectivity index (χ0v) is 19.8. The van der Waals surface area contributed by atoms with Crippen LogP contribution in [-0.2, 0) is 18.9 Å². The third kappa shape index (κ3) is 3.29. The molecule has 178 valence electrons. The summed E-state index contributed by atoms with van der Waals surface area (Å²) in [6.07, 6.45) is 6.21. The highest BCUT2D eigenvalue weighted by Gasteiger charge is 2.67. The van der Waals surface area contributed by atoms with E-state index in [0.717, 1.165) is 38.5 Å². The van der Waals surface area contributed by atoms with E-state index in [0.29, 0.717) is 24.7 Å². The van der Waals surface area contributed by atoms with E-state index < -0.39 is 28.9 Å². The Bertz CT molecular complexity index is 965. The molecule has 1 unspecified atom stereocenters. The highest BCUT2D eigenvalue weighted by atomic mass is 16.7. The van der Waals surface area contributed by atoms with Crippen LogP contribution in [0.5, 0.6) is 0 Å². The minimum Gasteiger partial charge on any atom is -0.438 e. The summed E-state index contributed by atoms with van der Waals surface area (Å²) in [6, 6.07) is 4.55. The maximum atomic E-state index is 12.0. The Morgan fingerprint density at radius 2 is 1.58 bits per heavy atom. The highest BCUT2D eigenvalue weighted by molar-refractivity contribution is 5.62. The number of allylic oxidation sites excluding steroid dienone is 1. The summed E-state index contributed by atoms with van der Waals surface area (Å²) in [4.78, 5) is 23.7. The van der Waals surface area contributed by atoms with Gasteiger partial charge in [-0.3, -0.25) is 0 Å². The molecule has 0 amide bonds. The molecule has 4 rings (SSSR count). The number of carbonyl (C=O) groups excluding carboxylic acids is 2. The van der Waals surface area contributed by atoms with Gasteiger partial charge < -0.3 is 18.9 Å². The van der Waals surface area contributed by atoms with E-state index in [1.807, 2.05) is 6.08 Å². The lowest BCUT2D eigenvalue weighted by Gasteiger charge is -2.59. The van der Waals surface area contributed by atoms with Crippen molar-refractivity contribution in [1.29, 1.82) is 10.5 Å². The number of ether oxygens (including phenoxy) is 4. The minimum atomic E-state index is -1.28. The molecule has 0 radical (unpaired) electrons. The summed E-state index contributed by atoms with van der Waals surface area (Å²) < 4.78 is 20.4. The van der Waals surface area contributed by atoms with Gasteiger partial charge in [0.2, 0.25) is 11.2 Å². The van der Waals surface area contributed by atoms with Crippen LogP contribution in [0.25, 0.3) is 0 Å². The van der Waals surface area contributed by atoms with Crippen molar-refractivity contribution >= 4 is 12.3 Å². The molecule has 0 aromatic heterocycles. The lowest BCUT2D eigenvalue weighted by atomic mass is 9.46. The van der Waals surface area contributed by atoms with Crippen molar-refractivity contribution in [2.75, 3.05) is 14.2 Å². The van der Waals surface area contributed by atoms with Crippen LogP contribution in [0.4, 0.5) is 9.59 Å². The molecule has 8 heteroatoms. The van der Waals surface area contributed by atoms with Gasteiger partial charge >= 0.3 is 12.3 Å². The van der Waals surface area contributed by atoms with Gasteiger partial charge in [0, 0.05) is 18.3 Å². The van der Waals surface area contributed by atoms with Gasteiger partial charge in [-0.1, -0.05) is 19.4 Å². The average molecular weight is 457 g/mol. The molecule has 0 spiro atoms. The summed E-state index contributed by atoms with van der Waals surface area (Å²) in [5.74, 6) is 1.07. The van der Waals surface area contributed by atoms with E-state index in [4.69, 9.17) is 14.2 Å². The fraction of sp³-hybridized carbons (Fsp3) is 0.760. The lowest BCUT2D eigenvalue weighted by Crippen LogP contribution is -2.56. The van der Waals surface area contributed by atoms with Crippen molar-refractivity contribution in [1.82, 2.24) is 0 Å². The van der Waals surface area contributed by atoms with Gasteiger partial charge in [-0.2, -0.15) is 10.5 Å². The largest absolute Gasteiger partial charge is 0.509 e. The topological polar surface area (TPSA) is 119 Å². The van der Waals surface area contributed by atoms with Crippen LogP contribution in [0.2, 0.25) is 0 Å². The maximum Gasteiger partial charge on any atom is 0.509 e. The molecule has 8 nitrogen and oxygen atoms in total. The van der Waals surface area contributed by atoms with Gasteiger partial charge in [0.25, 0.3) is 0 Å². The molecule has 3 fully saturated rings. The second kappa shape index (κ2) is 7.94. The first kappa shape index (κ1) is 23.4. The summed E-state index contributed by atoms with van der Waals surface area (Å²) in [5, 5.41) is 19.9. The Hall–Kier alpha value is -2.74. The third-order valence-electron chi connectivity index (χ3n) is 9.50. The summed E-state index contributed by atoms with van der Waals surface area (Å²) in [5.41, 5.74) is -1.78. The fourth-order valence-electron chi connectivity index (χ4n) is 7.65. The number of hydrogen-bond acceptors (Lipinski definition) is 8. The Kier molecular flexibility index (Phi) is 5.63. The van der Waals surface area contributed by atoms with Crippen molar-refractivity contribution < 1.29 is 28.5 Å². The van der Waals surface area contributed by atoms with E-state index in [1.54, 1.807) is 0 Å². The van der Waals surface area contributed by atoms with Gasteiger partial charge in [0.15, 0.2) is 0 Å². The van der Waals surface area contributed by atoms with Crippen molar-refractivity contribution in [3.8, 4) is 12.1 Å². The molecule has 0 aliphatic heterocycles. The average Bonchev–Trinajstić information content (AvgIpc) is 3.11.